The third-order valence-electron chi connectivity index (χ3n) is 3.01. The van der Waals surface area contributed by atoms with Crippen LogP contribution >= 0.6 is 0 Å². The fraction of sp³-hybridized carbons (Fsp3) is 0.0714. The van der Waals surface area contributed by atoms with Crippen LogP contribution in [0, 0.1) is 0 Å². The highest BCUT2D eigenvalue weighted by Crippen LogP contribution is 2.33. The Bertz CT molecular complexity index is 756. The van der Waals surface area contributed by atoms with E-state index in [1.165, 1.54) is 11.0 Å². The second-order valence-electron chi connectivity index (χ2n) is 4.34. The lowest BCUT2D eigenvalue weighted by Crippen LogP contribution is -2.37. The molecule has 0 bridgehead atoms. The summed E-state index contributed by atoms with van der Waals surface area (Å²) in [5.74, 6) is 0. The van der Waals surface area contributed by atoms with Gasteiger partial charge in [-0.25, -0.2) is 4.79 Å². The molecule has 1 amide bonds. The maximum absolute atomic E-state index is 11.9. The minimum atomic E-state index is -4.01. The molecular weight excluding hydrogens is 278 g/mol. The lowest BCUT2D eigenvalue weighted by Gasteiger charge is -2.28. The minimum absolute atomic E-state index is 0.00975. The summed E-state index contributed by atoms with van der Waals surface area (Å²) in [6.45, 7) is 0.256. The van der Waals surface area contributed by atoms with Crippen molar-refractivity contribution in [3.05, 3.63) is 60.2 Å². The number of rotatable bonds is 2. The molecule has 2 aromatic carbocycles. The second-order valence-corrected chi connectivity index (χ2v) is 5.86. The highest BCUT2D eigenvalue weighted by Gasteiger charge is 2.35. The van der Waals surface area contributed by atoms with Crippen molar-refractivity contribution in [2.45, 2.75) is 11.4 Å². The number of benzene rings is 2. The molecule has 0 atom stereocenters. The SMILES string of the molecule is O=C1OS(=O)(=O)c2ccccc2N1Cc1ccccc1. The summed E-state index contributed by atoms with van der Waals surface area (Å²) in [4.78, 5) is 13.2. The summed E-state index contributed by atoms with van der Waals surface area (Å²) in [5.41, 5.74) is 1.23. The number of hydrogen-bond donors (Lipinski definition) is 0. The van der Waals surface area contributed by atoms with Gasteiger partial charge in [0.05, 0.1) is 12.2 Å². The molecule has 2 aromatic rings. The van der Waals surface area contributed by atoms with Crippen LogP contribution < -0.4 is 4.90 Å². The topological polar surface area (TPSA) is 63.7 Å². The lowest BCUT2D eigenvalue weighted by molar-refractivity contribution is 0.207. The molecule has 0 saturated carbocycles. The Hall–Kier alpha value is -2.34. The molecule has 0 unspecified atom stereocenters. The normalized spacial score (nSPS) is 16.4. The molecule has 0 N–H and O–H groups in total. The Balaban J connectivity index is 2.06. The number of amides is 1. The van der Waals surface area contributed by atoms with Crippen molar-refractivity contribution in [2.75, 3.05) is 4.90 Å². The van der Waals surface area contributed by atoms with E-state index in [1.807, 2.05) is 30.3 Å². The summed E-state index contributed by atoms with van der Waals surface area (Å²) >= 11 is 0. The van der Waals surface area contributed by atoms with E-state index >= 15 is 0 Å². The smallest absolute Gasteiger partial charge is 0.324 e. The van der Waals surface area contributed by atoms with E-state index in [9.17, 15) is 13.2 Å². The number of nitrogens with zero attached hydrogens (tertiary/aromatic N) is 1. The van der Waals surface area contributed by atoms with Crippen LogP contribution in [0.2, 0.25) is 0 Å². The molecule has 1 heterocycles. The molecule has 0 fully saturated rings. The van der Waals surface area contributed by atoms with Crippen molar-refractivity contribution in [3.63, 3.8) is 0 Å². The molecule has 0 radical (unpaired) electrons. The average Bonchev–Trinajstić information content (AvgIpc) is 2.44. The summed E-state index contributed by atoms with van der Waals surface area (Å²) in [6, 6.07) is 15.6. The second kappa shape index (κ2) is 4.64. The van der Waals surface area contributed by atoms with Crippen LogP contribution in [-0.2, 0) is 20.8 Å². The van der Waals surface area contributed by atoms with Crippen molar-refractivity contribution >= 4 is 21.9 Å². The van der Waals surface area contributed by atoms with Crippen molar-refractivity contribution < 1.29 is 17.4 Å². The quantitative estimate of drug-likeness (QED) is 0.797. The number of carbonyl (C=O) groups is 1. The predicted octanol–water partition coefficient (Wildman–Crippen LogP) is 2.53. The molecule has 5 nitrogen and oxygen atoms in total. The Morgan fingerprint density at radius 1 is 0.950 bits per heavy atom. The zero-order valence-electron chi connectivity index (χ0n) is 10.4. The lowest BCUT2D eigenvalue weighted by atomic mass is 10.2. The van der Waals surface area contributed by atoms with Crippen molar-refractivity contribution in [1.82, 2.24) is 0 Å². The van der Waals surface area contributed by atoms with Gasteiger partial charge in [-0.2, -0.15) is 8.42 Å². The third-order valence-corrected chi connectivity index (χ3v) is 4.26. The van der Waals surface area contributed by atoms with E-state index < -0.39 is 16.2 Å². The van der Waals surface area contributed by atoms with Gasteiger partial charge in [-0.15, -0.1) is 0 Å². The van der Waals surface area contributed by atoms with Gasteiger partial charge in [0.25, 0.3) is 0 Å². The number of fused-ring (bicyclic) bond motifs is 1. The van der Waals surface area contributed by atoms with Crippen LogP contribution in [-0.4, -0.2) is 14.5 Å². The number of para-hydroxylation sites is 1. The summed E-state index contributed by atoms with van der Waals surface area (Å²) in [6.07, 6.45) is -0.882. The molecule has 102 valence electrons. The average molecular weight is 289 g/mol. The van der Waals surface area contributed by atoms with Crippen LogP contribution in [0.3, 0.4) is 0 Å². The predicted molar refractivity (Wildman–Crippen MR) is 72.7 cm³/mol. The molecule has 0 saturated heterocycles. The monoisotopic (exact) mass is 289 g/mol. The van der Waals surface area contributed by atoms with E-state index in [-0.39, 0.29) is 11.4 Å². The first-order valence-corrected chi connectivity index (χ1v) is 7.38. The summed E-state index contributed by atoms with van der Waals surface area (Å²) in [5, 5.41) is 0. The van der Waals surface area contributed by atoms with Gasteiger partial charge in [0.2, 0.25) is 0 Å². The first kappa shape index (κ1) is 12.7. The maximum Gasteiger partial charge on any atom is 0.430 e. The van der Waals surface area contributed by atoms with Gasteiger partial charge in [0.1, 0.15) is 4.90 Å². The summed E-state index contributed by atoms with van der Waals surface area (Å²) in [7, 11) is -4.01. The van der Waals surface area contributed by atoms with E-state index in [4.69, 9.17) is 0 Å². The molecule has 6 heteroatoms. The van der Waals surface area contributed by atoms with Crippen molar-refractivity contribution in [3.8, 4) is 0 Å². The largest absolute Gasteiger partial charge is 0.430 e. The molecule has 1 aliphatic heterocycles. The van der Waals surface area contributed by atoms with Gasteiger partial charge in [-0.3, -0.25) is 4.90 Å². The van der Waals surface area contributed by atoms with Gasteiger partial charge in [0, 0.05) is 0 Å². The third kappa shape index (κ3) is 2.14. The van der Waals surface area contributed by atoms with Crippen LogP contribution in [0.1, 0.15) is 5.56 Å². The van der Waals surface area contributed by atoms with Gasteiger partial charge in [-0.05, 0) is 17.7 Å². The fourth-order valence-electron chi connectivity index (χ4n) is 2.09. The molecule has 0 spiro atoms. The molecule has 3 rings (SSSR count). The standard InChI is InChI=1S/C14H11NO4S/c16-14-15(10-11-6-2-1-3-7-11)12-8-4-5-9-13(12)20(17,18)19-14/h1-9H,10H2. The van der Waals surface area contributed by atoms with Crippen molar-refractivity contribution in [2.24, 2.45) is 0 Å². The van der Waals surface area contributed by atoms with Crippen LogP contribution in [0.15, 0.2) is 59.5 Å². The Labute approximate surface area is 116 Å². The highest BCUT2D eigenvalue weighted by atomic mass is 32.2. The van der Waals surface area contributed by atoms with E-state index in [0.29, 0.717) is 5.69 Å². The van der Waals surface area contributed by atoms with E-state index in [2.05, 4.69) is 4.18 Å². The van der Waals surface area contributed by atoms with Crippen LogP contribution in [0.25, 0.3) is 0 Å². The Morgan fingerprint density at radius 2 is 1.60 bits per heavy atom. The number of carbonyl (C=O) groups excluding carboxylic acids is 1. The number of anilines is 1. The zero-order chi connectivity index (χ0) is 14.2. The maximum atomic E-state index is 11.9. The molecule has 20 heavy (non-hydrogen) atoms. The first-order chi connectivity index (χ1) is 9.58. The Morgan fingerprint density at radius 3 is 2.35 bits per heavy atom. The van der Waals surface area contributed by atoms with E-state index in [1.54, 1.807) is 18.2 Å². The molecular formula is C14H11NO4S. The summed E-state index contributed by atoms with van der Waals surface area (Å²) < 4.78 is 28.2. The van der Waals surface area contributed by atoms with Crippen LogP contribution in [0.4, 0.5) is 10.5 Å². The van der Waals surface area contributed by atoms with Gasteiger partial charge in [0.15, 0.2) is 0 Å². The van der Waals surface area contributed by atoms with Gasteiger partial charge >= 0.3 is 16.2 Å². The van der Waals surface area contributed by atoms with Crippen LogP contribution in [0.5, 0.6) is 0 Å². The zero-order valence-corrected chi connectivity index (χ0v) is 11.2. The Kier molecular flexibility index (Phi) is 2.94. The van der Waals surface area contributed by atoms with E-state index in [0.717, 1.165) is 5.56 Å². The molecule has 0 aliphatic carbocycles. The van der Waals surface area contributed by atoms with Gasteiger partial charge in [-0.1, -0.05) is 42.5 Å². The van der Waals surface area contributed by atoms with Gasteiger partial charge < -0.3 is 4.18 Å². The fourth-order valence-corrected chi connectivity index (χ4v) is 3.14. The minimum Gasteiger partial charge on any atom is -0.324 e. The molecule has 0 aromatic heterocycles. The molecule has 1 aliphatic rings. The van der Waals surface area contributed by atoms with Crippen molar-refractivity contribution in [1.29, 1.82) is 0 Å². The first-order valence-electron chi connectivity index (χ1n) is 5.97. The highest BCUT2D eigenvalue weighted by molar-refractivity contribution is 7.87. The number of hydrogen-bond acceptors (Lipinski definition) is 4.